The molecule has 222 valence electrons. The Bertz CT molecular complexity index is 1760. The average Bonchev–Trinajstić information content (AvgIpc) is 3.03. The van der Waals surface area contributed by atoms with E-state index in [-0.39, 0.29) is 29.6 Å². The number of rotatable bonds is 11. The van der Waals surface area contributed by atoms with E-state index in [1.54, 1.807) is 84.9 Å². The highest BCUT2D eigenvalue weighted by atomic mass is 19.1. The van der Waals surface area contributed by atoms with Gasteiger partial charge in [0.15, 0.2) is 11.5 Å². The van der Waals surface area contributed by atoms with Gasteiger partial charge in [-0.1, -0.05) is 43.0 Å². The number of nitriles is 1. The molecule has 0 saturated carbocycles. The Labute approximate surface area is 254 Å². The third-order valence-electron chi connectivity index (χ3n) is 6.80. The van der Waals surface area contributed by atoms with Crippen LogP contribution in [0.25, 0.3) is 0 Å². The number of nitrogens with zero attached hydrogens (tertiary/aromatic N) is 1. The highest BCUT2D eigenvalue weighted by Gasteiger charge is 2.32. The van der Waals surface area contributed by atoms with Crippen molar-refractivity contribution >= 4 is 5.97 Å². The van der Waals surface area contributed by atoms with E-state index in [0.29, 0.717) is 58.5 Å². The SMILES string of the molecule is C=CCOc1ccc(C(=O)Oc2ccc3c(c2)OC(N)=C(C#N)C3c2ccc(OCc3ccccc3F)c(OCC)c2)cc1. The maximum Gasteiger partial charge on any atom is 0.343 e. The number of carbonyl (C=O) groups excluding carboxylic acids is 1. The second-order valence-electron chi connectivity index (χ2n) is 9.66. The summed E-state index contributed by atoms with van der Waals surface area (Å²) in [5.41, 5.74) is 8.48. The van der Waals surface area contributed by atoms with Gasteiger partial charge in [-0.05, 0) is 61.0 Å². The predicted octanol–water partition coefficient (Wildman–Crippen LogP) is 6.81. The minimum absolute atomic E-state index is 0.0111. The van der Waals surface area contributed by atoms with Crippen LogP contribution in [0, 0.1) is 17.1 Å². The van der Waals surface area contributed by atoms with Crippen molar-refractivity contribution in [3.05, 3.63) is 137 Å². The zero-order valence-corrected chi connectivity index (χ0v) is 23.9. The maximum absolute atomic E-state index is 14.1. The minimum Gasteiger partial charge on any atom is -0.490 e. The second-order valence-corrected chi connectivity index (χ2v) is 9.66. The number of carbonyl (C=O) groups is 1. The van der Waals surface area contributed by atoms with E-state index in [9.17, 15) is 14.4 Å². The summed E-state index contributed by atoms with van der Waals surface area (Å²) >= 11 is 0. The van der Waals surface area contributed by atoms with Gasteiger partial charge in [-0.15, -0.1) is 0 Å². The molecule has 8 nitrogen and oxygen atoms in total. The Morgan fingerprint density at radius 1 is 1.00 bits per heavy atom. The number of hydrogen-bond donors (Lipinski definition) is 1. The van der Waals surface area contributed by atoms with Crippen molar-refractivity contribution in [1.82, 2.24) is 0 Å². The quantitative estimate of drug-likeness (QED) is 0.115. The molecule has 0 fully saturated rings. The molecule has 0 bridgehead atoms. The summed E-state index contributed by atoms with van der Waals surface area (Å²) in [4.78, 5) is 12.8. The molecule has 0 aromatic heterocycles. The van der Waals surface area contributed by atoms with E-state index in [1.165, 1.54) is 6.07 Å². The molecule has 1 aliphatic rings. The molecule has 4 aromatic carbocycles. The molecule has 44 heavy (non-hydrogen) atoms. The third-order valence-corrected chi connectivity index (χ3v) is 6.80. The van der Waals surface area contributed by atoms with Gasteiger partial charge in [0.2, 0.25) is 5.88 Å². The first kappa shape index (κ1) is 29.7. The smallest absolute Gasteiger partial charge is 0.343 e. The molecule has 4 aromatic rings. The molecular formula is C35H29FN2O6. The molecule has 0 spiro atoms. The average molecular weight is 593 g/mol. The van der Waals surface area contributed by atoms with Crippen LogP contribution in [0.2, 0.25) is 0 Å². The van der Waals surface area contributed by atoms with E-state index in [4.69, 9.17) is 29.4 Å². The van der Waals surface area contributed by atoms with Gasteiger partial charge < -0.3 is 29.4 Å². The predicted molar refractivity (Wildman–Crippen MR) is 161 cm³/mol. The summed E-state index contributed by atoms with van der Waals surface area (Å²) in [6.07, 6.45) is 1.63. The van der Waals surface area contributed by atoms with Crippen molar-refractivity contribution in [2.45, 2.75) is 19.4 Å². The maximum atomic E-state index is 14.1. The van der Waals surface area contributed by atoms with Crippen LogP contribution in [0.4, 0.5) is 4.39 Å². The van der Waals surface area contributed by atoms with Gasteiger partial charge in [0, 0.05) is 17.2 Å². The molecule has 1 unspecified atom stereocenters. The standard InChI is InChI=1S/C35H29FN2O6/c1-3-17-41-25-12-9-22(10-13-25)35(39)43-26-14-15-27-31(19-26)44-34(38)28(20-37)33(27)23-11-16-30(32(18-23)40-4-2)42-21-24-7-5-6-8-29(24)36/h3,5-16,18-19,33H,1,4,17,21,38H2,2H3. The number of hydrogen-bond acceptors (Lipinski definition) is 8. The van der Waals surface area contributed by atoms with Gasteiger partial charge >= 0.3 is 5.97 Å². The van der Waals surface area contributed by atoms with E-state index in [1.807, 2.05) is 6.92 Å². The first-order valence-electron chi connectivity index (χ1n) is 13.8. The van der Waals surface area contributed by atoms with Gasteiger partial charge in [0.1, 0.15) is 47.9 Å². The van der Waals surface area contributed by atoms with E-state index in [2.05, 4.69) is 12.6 Å². The first-order chi connectivity index (χ1) is 21.4. The summed E-state index contributed by atoms with van der Waals surface area (Å²) in [7, 11) is 0. The van der Waals surface area contributed by atoms with E-state index < -0.39 is 11.9 Å². The van der Waals surface area contributed by atoms with Crippen molar-refractivity contribution in [2.75, 3.05) is 13.2 Å². The molecule has 0 radical (unpaired) electrons. The number of allylic oxidation sites excluding steroid dienone is 1. The summed E-state index contributed by atoms with van der Waals surface area (Å²) in [6, 6.07) is 25.3. The van der Waals surface area contributed by atoms with Gasteiger partial charge in [-0.25, -0.2) is 9.18 Å². The molecule has 1 heterocycles. The Hall–Kier alpha value is -5.75. The molecule has 1 atom stereocenters. The van der Waals surface area contributed by atoms with E-state index in [0.717, 1.165) is 0 Å². The van der Waals surface area contributed by atoms with Crippen molar-refractivity contribution in [3.8, 4) is 34.8 Å². The molecule has 5 rings (SSSR count). The molecule has 0 amide bonds. The fourth-order valence-corrected chi connectivity index (χ4v) is 4.71. The topological polar surface area (TPSA) is 113 Å². The lowest BCUT2D eigenvalue weighted by atomic mass is 9.83. The van der Waals surface area contributed by atoms with Crippen LogP contribution in [-0.4, -0.2) is 19.2 Å². The van der Waals surface area contributed by atoms with Crippen molar-refractivity contribution in [3.63, 3.8) is 0 Å². The highest BCUT2D eigenvalue weighted by molar-refractivity contribution is 5.91. The summed E-state index contributed by atoms with van der Waals surface area (Å²) < 4.78 is 42.7. The Balaban J connectivity index is 1.40. The van der Waals surface area contributed by atoms with Crippen molar-refractivity contribution < 1.29 is 32.9 Å². The minimum atomic E-state index is -0.601. The second kappa shape index (κ2) is 13.5. The number of ether oxygens (including phenoxy) is 5. The molecule has 0 aliphatic carbocycles. The largest absolute Gasteiger partial charge is 0.490 e. The number of benzene rings is 4. The molecule has 2 N–H and O–H groups in total. The van der Waals surface area contributed by atoms with Crippen molar-refractivity contribution in [2.24, 2.45) is 5.73 Å². The lowest BCUT2D eigenvalue weighted by Gasteiger charge is -2.27. The van der Waals surface area contributed by atoms with Gasteiger partial charge in [0.05, 0.1) is 18.1 Å². The van der Waals surface area contributed by atoms with Gasteiger partial charge in [-0.2, -0.15) is 5.26 Å². The zero-order valence-electron chi connectivity index (χ0n) is 23.9. The third kappa shape index (κ3) is 6.50. The van der Waals surface area contributed by atoms with Crippen LogP contribution in [0.5, 0.6) is 28.7 Å². The molecule has 9 heteroatoms. The Kier molecular flexibility index (Phi) is 9.11. The fraction of sp³-hybridized carbons (Fsp3) is 0.143. The molecule has 1 aliphatic heterocycles. The number of halogens is 1. The van der Waals surface area contributed by atoms with Crippen LogP contribution in [0.1, 0.15) is 39.9 Å². The van der Waals surface area contributed by atoms with Crippen LogP contribution in [-0.2, 0) is 6.61 Å². The monoisotopic (exact) mass is 592 g/mol. The summed E-state index contributed by atoms with van der Waals surface area (Å²) in [6.45, 7) is 6.16. The van der Waals surface area contributed by atoms with Gasteiger partial charge in [0.25, 0.3) is 0 Å². The molecular weight excluding hydrogens is 563 g/mol. The first-order valence-corrected chi connectivity index (χ1v) is 13.8. The van der Waals surface area contributed by atoms with Crippen LogP contribution in [0.15, 0.2) is 109 Å². The van der Waals surface area contributed by atoms with Crippen molar-refractivity contribution in [1.29, 1.82) is 5.26 Å². The highest BCUT2D eigenvalue weighted by Crippen LogP contribution is 2.45. The van der Waals surface area contributed by atoms with Crippen LogP contribution < -0.4 is 29.4 Å². The van der Waals surface area contributed by atoms with Gasteiger partial charge in [-0.3, -0.25) is 0 Å². The number of fused-ring (bicyclic) bond motifs is 1. The lowest BCUT2D eigenvalue weighted by Crippen LogP contribution is -2.21. The Morgan fingerprint density at radius 2 is 1.77 bits per heavy atom. The lowest BCUT2D eigenvalue weighted by molar-refractivity contribution is 0.0734. The van der Waals surface area contributed by atoms with Crippen LogP contribution >= 0.6 is 0 Å². The summed E-state index contributed by atoms with van der Waals surface area (Å²) in [5.74, 6) is 0.418. The number of esters is 1. The Morgan fingerprint density at radius 3 is 2.50 bits per heavy atom. The fourth-order valence-electron chi connectivity index (χ4n) is 4.71. The molecule has 0 saturated heterocycles. The summed E-state index contributed by atoms with van der Waals surface area (Å²) in [5, 5.41) is 10.0. The zero-order chi connectivity index (χ0) is 31.1. The van der Waals surface area contributed by atoms with E-state index >= 15 is 0 Å². The number of nitrogens with two attached hydrogens (primary N) is 1. The normalized spacial score (nSPS) is 13.6. The van der Waals surface area contributed by atoms with Crippen LogP contribution in [0.3, 0.4) is 0 Å².